The Balaban J connectivity index is 1.81. The molecule has 0 saturated carbocycles. The van der Waals surface area contributed by atoms with Crippen LogP contribution in [0.4, 0.5) is 0 Å². The van der Waals surface area contributed by atoms with E-state index >= 15 is 0 Å². The molecule has 0 spiro atoms. The lowest BCUT2D eigenvalue weighted by Crippen LogP contribution is -2.30. The van der Waals surface area contributed by atoms with Crippen LogP contribution in [0.1, 0.15) is 24.1 Å². The topological polar surface area (TPSA) is 3.24 Å². The van der Waals surface area contributed by atoms with Gasteiger partial charge in [0.2, 0.25) is 0 Å². The first-order valence-corrected chi connectivity index (χ1v) is 11.4. The summed E-state index contributed by atoms with van der Waals surface area (Å²) in [6.07, 6.45) is 0. The molecule has 2 heteroatoms. The summed E-state index contributed by atoms with van der Waals surface area (Å²) in [5.74, 6) is 0. The number of hydrogen-bond donors (Lipinski definition) is 0. The highest BCUT2D eigenvalue weighted by Gasteiger charge is 2.27. The lowest BCUT2D eigenvalue weighted by atomic mass is 10.1. The predicted octanol–water partition coefficient (Wildman–Crippen LogP) is 6.30. The average Bonchev–Trinajstić information content (AvgIpc) is 2.81. The summed E-state index contributed by atoms with van der Waals surface area (Å²) in [6.45, 7) is 3.24. The van der Waals surface area contributed by atoms with Crippen LogP contribution in [0, 0.1) is 0 Å². The van der Waals surface area contributed by atoms with Crippen LogP contribution in [-0.2, 0) is 6.54 Å². The standard InChI is InChI=1S/C27H26NP/c1-23(25-16-8-3-9-17-25)28(22-24-14-6-2-7-15-24)29(26-18-10-4-11-19-26)27-20-12-5-13-21-27/h2-21,23H,22H2,1H3. The van der Waals surface area contributed by atoms with Crippen LogP contribution in [0.3, 0.4) is 0 Å². The van der Waals surface area contributed by atoms with E-state index < -0.39 is 8.07 Å². The first kappa shape index (κ1) is 19.6. The molecule has 0 aliphatic rings. The highest BCUT2D eigenvalue weighted by Crippen LogP contribution is 2.45. The average molecular weight is 395 g/mol. The van der Waals surface area contributed by atoms with E-state index in [0.29, 0.717) is 6.04 Å². The largest absolute Gasteiger partial charge is 0.263 e. The van der Waals surface area contributed by atoms with E-state index in [1.165, 1.54) is 21.7 Å². The summed E-state index contributed by atoms with van der Waals surface area (Å²) < 4.78 is 2.67. The van der Waals surface area contributed by atoms with Crippen LogP contribution in [0.25, 0.3) is 0 Å². The Hall–Kier alpha value is -2.73. The van der Waals surface area contributed by atoms with Crippen molar-refractivity contribution in [3.63, 3.8) is 0 Å². The number of rotatable bonds is 7. The lowest BCUT2D eigenvalue weighted by Gasteiger charge is -2.37. The summed E-state index contributed by atoms with van der Waals surface area (Å²) in [5, 5.41) is 2.76. The summed E-state index contributed by atoms with van der Waals surface area (Å²) in [4.78, 5) is 0. The highest BCUT2D eigenvalue weighted by molar-refractivity contribution is 7.70. The zero-order valence-electron chi connectivity index (χ0n) is 16.7. The van der Waals surface area contributed by atoms with Crippen molar-refractivity contribution in [1.29, 1.82) is 0 Å². The maximum atomic E-state index is 2.67. The van der Waals surface area contributed by atoms with E-state index in [2.05, 4.69) is 133 Å². The molecular weight excluding hydrogens is 369 g/mol. The molecule has 144 valence electrons. The molecule has 0 aromatic heterocycles. The minimum absolute atomic E-state index is 0.294. The molecule has 0 amide bonds. The zero-order valence-corrected chi connectivity index (χ0v) is 17.6. The van der Waals surface area contributed by atoms with Crippen LogP contribution >= 0.6 is 8.07 Å². The van der Waals surface area contributed by atoms with Gasteiger partial charge in [-0.05, 0) is 28.7 Å². The van der Waals surface area contributed by atoms with Gasteiger partial charge in [-0.3, -0.25) is 4.67 Å². The molecular formula is C27H26NP. The van der Waals surface area contributed by atoms with Crippen molar-refractivity contribution in [3.8, 4) is 0 Å². The van der Waals surface area contributed by atoms with Crippen molar-refractivity contribution in [3.05, 3.63) is 132 Å². The first-order chi connectivity index (χ1) is 14.3. The van der Waals surface area contributed by atoms with E-state index in [0.717, 1.165) is 6.54 Å². The van der Waals surface area contributed by atoms with Crippen LogP contribution < -0.4 is 10.6 Å². The Bertz CT molecular complexity index is 948. The van der Waals surface area contributed by atoms with Crippen LogP contribution in [0.15, 0.2) is 121 Å². The van der Waals surface area contributed by atoms with E-state index in [9.17, 15) is 0 Å². The van der Waals surface area contributed by atoms with Gasteiger partial charge >= 0.3 is 0 Å². The van der Waals surface area contributed by atoms with Gasteiger partial charge in [-0.15, -0.1) is 0 Å². The monoisotopic (exact) mass is 395 g/mol. The van der Waals surface area contributed by atoms with Gasteiger partial charge in [-0.1, -0.05) is 121 Å². The first-order valence-electron chi connectivity index (χ1n) is 10.1. The van der Waals surface area contributed by atoms with Gasteiger partial charge in [0.05, 0.1) is 0 Å². The third-order valence-electron chi connectivity index (χ3n) is 5.17. The van der Waals surface area contributed by atoms with Crippen LogP contribution in [0.2, 0.25) is 0 Å². The smallest absolute Gasteiger partial charge is 0.0365 e. The molecule has 0 aliphatic carbocycles. The zero-order chi connectivity index (χ0) is 19.9. The fraction of sp³-hybridized carbons (Fsp3) is 0.111. The van der Waals surface area contributed by atoms with Crippen LogP contribution in [0.5, 0.6) is 0 Å². The van der Waals surface area contributed by atoms with Gasteiger partial charge in [0.15, 0.2) is 0 Å². The van der Waals surface area contributed by atoms with Crippen molar-refractivity contribution in [2.75, 3.05) is 0 Å². The third-order valence-corrected chi connectivity index (χ3v) is 7.75. The maximum absolute atomic E-state index is 2.67. The van der Waals surface area contributed by atoms with Crippen LogP contribution in [-0.4, -0.2) is 4.67 Å². The summed E-state index contributed by atoms with van der Waals surface area (Å²) in [5.41, 5.74) is 2.69. The van der Waals surface area contributed by atoms with Crippen molar-refractivity contribution in [2.45, 2.75) is 19.5 Å². The van der Waals surface area contributed by atoms with E-state index in [-0.39, 0.29) is 0 Å². The summed E-state index contributed by atoms with van der Waals surface area (Å²) in [6, 6.07) is 43.9. The molecule has 0 aliphatic heterocycles. The number of hydrogen-bond acceptors (Lipinski definition) is 1. The van der Waals surface area contributed by atoms with E-state index in [4.69, 9.17) is 0 Å². The molecule has 1 atom stereocenters. The van der Waals surface area contributed by atoms with Crippen molar-refractivity contribution >= 4 is 18.7 Å². The Labute approximate surface area is 175 Å². The molecule has 0 N–H and O–H groups in total. The Morgan fingerprint density at radius 1 is 0.586 bits per heavy atom. The molecule has 1 nitrogen and oxygen atoms in total. The van der Waals surface area contributed by atoms with Gasteiger partial charge in [-0.25, -0.2) is 0 Å². The molecule has 29 heavy (non-hydrogen) atoms. The number of nitrogens with zero attached hydrogens (tertiary/aromatic N) is 1. The molecule has 4 aromatic rings. The quantitative estimate of drug-likeness (QED) is 0.332. The van der Waals surface area contributed by atoms with Crippen molar-refractivity contribution < 1.29 is 0 Å². The Morgan fingerprint density at radius 2 is 1.00 bits per heavy atom. The maximum Gasteiger partial charge on any atom is 0.0365 e. The summed E-state index contributed by atoms with van der Waals surface area (Å²) >= 11 is 0. The minimum Gasteiger partial charge on any atom is -0.263 e. The normalized spacial score (nSPS) is 12.2. The second-order valence-corrected chi connectivity index (χ2v) is 9.32. The Kier molecular flexibility index (Phi) is 6.52. The van der Waals surface area contributed by atoms with E-state index in [1.54, 1.807) is 0 Å². The predicted molar refractivity (Wildman–Crippen MR) is 126 cm³/mol. The van der Waals surface area contributed by atoms with Crippen molar-refractivity contribution in [2.24, 2.45) is 0 Å². The SMILES string of the molecule is CC(c1ccccc1)N(Cc1ccccc1)P(c1ccccc1)c1ccccc1. The lowest BCUT2D eigenvalue weighted by molar-refractivity contribution is 0.368. The Morgan fingerprint density at radius 3 is 1.48 bits per heavy atom. The molecule has 4 aromatic carbocycles. The van der Waals surface area contributed by atoms with Gasteiger partial charge < -0.3 is 0 Å². The third kappa shape index (κ3) is 4.82. The second kappa shape index (κ2) is 9.65. The molecule has 0 radical (unpaired) electrons. The van der Waals surface area contributed by atoms with Gasteiger partial charge in [0.1, 0.15) is 0 Å². The highest BCUT2D eigenvalue weighted by atomic mass is 31.1. The number of benzene rings is 4. The molecule has 0 bridgehead atoms. The van der Waals surface area contributed by atoms with Crippen molar-refractivity contribution in [1.82, 2.24) is 4.67 Å². The summed E-state index contributed by atoms with van der Waals surface area (Å²) in [7, 11) is -0.668. The molecule has 4 rings (SSSR count). The van der Waals surface area contributed by atoms with Gasteiger partial charge in [0, 0.05) is 20.7 Å². The fourth-order valence-corrected chi connectivity index (χ4v) is 6.22. The van der Waals surface area contributed by atoms with Gasteiger partial charge in [-0.2, -0.15) is 0 Å². The molecule has 0 heterocycles. The van der Waals surface area contributed by atoms with E-state index in [1.807, 2.05) is 0 Å². The molecule has 0 fully saturated rings. The second-order valence-electron chi connectivity index (χ2n) is 7.15. The van der Waals surface area contributed by atoms with Gasteiger partial charge in [0.25, 0.3) is 0 Å². The molecule has 1 unspecified atom stereocenters. The molecule has 0 saturated heterocycles. The fourth-order valence-electron chi connectivity index (χ4n) is 3.64. The minimum atomic E-state index is -0.668.